The van der Waals surface area contributed by atoms with Crippen LogP contribution in [0.4, 0.5) is 0 Å². The number of aromatic nitrogens is 2. The Morgan fingerprint density at radius 3 is 2.92 bits per heavy atom. The highest BCUT2D eigenvalue weighted by atomic mass is 16.5. The lowest BCUT2D eigenvalue weighted by Crippen LogP contribution is -2.55. The summed E-state index contributed by atoms with van der Waals surface area (Å²) in [5.74, 6) is 0.0421. The zero-order chi connectivity index (χ0) is 16.8. The van der Waals surface area contributed by atoms with Crippen LogP contribution in [0.15, 0.2) is 41.7 Å². The molecule has 2 aromatic heterocycles. The average molecular weight is 332 g/mol. The number of imidazole rings is 1. The Morgan fingerprint density at radius 2 is 2.29 bits per heavy atom. The fourth-order valence-electron chi connectivity index (χ4n) is 3.27. The number of nitrogens with one attached hydrogen (secondary N) is 1. The summed E-state index contributed by atoms with van der Waals surface area (Å²) in [6, 6.07) is 1.98. The number of carbonyl (C=O) groups excluding carboxylic acids is 1. The number of ether oxygens (including phenoxy) is 1. The zero-order valence-corrected chi connectivity index (χ0v) is 14.0. The standard InChI is InChI=1S/C17H24N4O3/c1-23-11-6-19-16(22)17(21-9-5-18-14-21)3-7-20(8-4-17)12-15-2-10-24-13-15/h2,5,9-10,13-14H,3-4,6-8,11-12H2,1H3,(H,19,22). The van der Waals surface area contributed by atoms with Crippen LogP contribution in [0.5, 0.6) is 0 Å². The van der Waals surface area contributed by atoms with Gasteiger partial charge in [-0.05, 0) is 18.9 Å². The number of furan rings is 1. The van der Waals surface area contributed by atoms with Gasteiger partial charge >= 0.3 is 0 Å². The minimum atomic E-state index is -0.572. The molecule has 1 N–H and O–H groups in total. The largest absolute Gasteiger partial charge is 0.472 e. The fourth-order valence-corrected chi connectivity index (χ4v) is 3.27. The van der Waals surface area contributed by atoms with Gasteiger partial charge in [0.2, 0.25) is 5.91 Å². The number of nitrogens with zero attached hydrogens (tertiary/aromatic N) is 3. The third-order valence-corrected chi connectivity index (χ3v) is 4.68. The van der Waals surface area contributed by atoms with Gasteiger partial charge in [0, 0.05) is 51.2 Å². The summed E-state index contributed by atoms with van der Waals surface area (Å²) in [7, 11) is 1.63. The Labute approximate surface area is 141 Å². The Bertz CT molecular complexity index is 616. The minimum absolute atomic E-state index is 0.0421. The van der Waals surface area contributed by atoms with Crippen molar-refractivity contribution in [3.8, 4) is 0 Å². The molecule has 1 saturated heterocycles. The molecule has 1 aliphatic rings. The van der Waals surface area contributed by atoms with Crippen LogP contribution in [0.25, 0.3) is 0 Å². The number of rotatable bonds is 7. The maximum Gasteiger partial charge on any atom is 0.246 e. The molecule has 3 rings (SSSR count). The van der Waals surface area contributed by atoms with E-state index < -0.39 is 5.54 Å². The molecule has 24 heavy (non-hydrogen) atoms. The third kappa shape index (κ3) is 3.52. The van der Waals surface area contributed by atoms with E-state index in [0.29, 0.717) is 13.2 Å². The normalized spacial score (nSPS) is 17.7. The van der Waals surface area contributed by atoms with Crippen molar-refractivity contribution < 1.29 is 13.9 Å². The molecule has 0 radical (unpaired) electrons. The van der Waals surface area contributed by atoms with Crippen LogP contribution in [0, 0.1) is 0 Å². The van der Waals surface area contributed by atoms with E-state index in [1.807, 2.05) is 16.8 Å². The average Bonchev–Trinajstić information content (AvgIpc) is 3.30. The van der Waals surface area contributed by atoms with E-state index in [0.717, 1.165) is 38.0 Å². The predicted octanol–water partition coefficient (Wildman–Crippen LogP) is 1.23. The second kappa shape index (κ2) is 7.63. The number of piperidine rings is 1. The molecule has 130 valence electrons. The first-order valence-electron chi connectivity index (χ1n) is 8.24. The van der Waals surface area contributed by atoms with Crippen LogP contribution < -0.4 is 5.32 Å². The predicted molar refractivity (Wildman–Crippen MR) is 88.3 cm³/mol. The van der Waals surface area contributed by atoms with Crippen LogP contribution in [0.3, 0.4) is 0 Å². The quantitative estimate of drug-likeness (QED) is 0.772. The molecule has 0 atom stereocenters. The van der Waals surface area contributed by atoms with Gasteiger partial charge in [-0.15, -0.1) is 0 Å². The lowest BCUT2D eigenvalue weighted by molar-refractivity contribution is -0.132. The van der Waals surface area contributed by atoms with Crippen molar-refractivity contribution in [3.05, 3.63) is 42.9 Å². The molecule has 0 aromatic carbocycles. The van der Waals surface area contributed by atoms with Crippen molar-refractivity contribution in [2.75, 3.05) is 33.4 Å². The van der Waals surface area contributed by atoms with Crippen LogP contribution in [-0.4, -0.2) is 53.7 Å². The number of carbonyl (C=O) groups is 1. The molecule has 7 heteroatoms. The minimum Gasteiger partial charge on any atom is -0.472 e. The fraction of sp³-hybridized carbons (Fsp3) is 0.529. The molecule has 0 spiro atoms. The third-order valence-electron chi connectivity index (χ3n) is 4.68. The number of methoxy groups -OCH3 is 1. The van der Waals surface area contributed by atoms with Crippen molar-refractivity contribution in [2.45, 2.75) is 24.9 Å². The van der Waals surface area contributed by atoms with Crippen LogP contribution in [0.1, 0.15) is 18.4 Å². The number of hydrogen-bond acceptors (Lipinski definition) is 5. The van der Waals surface area contributed by atoms with Gasteiger partial charge in [-0.25, -0.2) is 4.98 Å². The molecular weight excluding hydrogens is 308 g/mol. The van der Waals surface area contributed by atoms with Gasteiger partial charge < -0.3 is 19.0 Å². The molecule has 2 aromatic rings. The molecular formula is C17H24N4O3. The maximum absolute atomic E-state index is 12.9. The van der Waals surface area contributed by atoms with E-state index >= 15 is 0 Å². The van der Waals surface area contributed by atoms with E-state index in [4.69, 9.17) is 9.15 Å². The first kappa shape index (κ1) is 16.7. The van der Waals surface area contributed by atoms with Crippen molar-refractivity contribution >= 4 is 5.91 Å². The molecule has 1 fully saturated rings. The lowest BCUT2D eigenvalue weighted by atomic mass is 9.86. The summed E-state index contributed by atoms with van der Waals surface area (Å²) >= 11 is 0. The Morgan fingerprint density at radius 1 is 1.46 bits per heavy atom. The van der Waals surface area contributed by atoms with Gasteiger partial charge in [-0.2, -0.15) is 0 Å². The Kier molecular flexibility index (Phi) is 5.32. The van der Waals surface area contributed by atoms with Gasteiger partial charge in [-0.3, -0.25) is 9.69 Å². The van der Waals surface area contributed by atoms with Crippen LogP contribution in [0.2, 0.25) is 0 Å². The summed E-state index contributed by atoms with van der Waals surface area (Å²) in [6.07, 6.45) is 10.3. The van der Waals surface area contributed by atoms with Gasteiger partial charge in [0.1, 0.15) is 5.54 Å². The van der Waals surface area contributed by atoms with E-state index in [9.17, 15) is 4.79 Å². The molecule has 0 saturated carbocycles. The first-order valence-corrected chi connectivity index (χ1v) is 8.24. The molecule has 1 amide bonds. The number of likely N-dealkylation sites (tertiary alicyclic amines) is 1. The van der Waals surface area contributed by atoms with Gasteiger partial charge in [0.15, 0.2) is 0 Å². The highest BCUT2D eigenvalue weighted by Crippen LogP contribution is 2.31. The van der Waals surface area contributed by atoms with E-state index in [2.05, 4.69) is 15.2 Å². The van der Waals surface area contributed by atoms with Crippen LogP contribution >= 0.6 is 0 Å². The highest BCUT2D eigenvalue weighted by molar-refractivity contribution is 5.84. The second-order valence-electron chi connectivity index (χ2n) is 6.16. The SMILES string of the molecule is COCCNC(=O)C1(n2ccnc2)CCN(Cc2ccoc2)CC1. The molecule has 0 bridgehead atoms. The lowest BCUT2D eigenvalue weighted by Gasteiger charge is -2.41. The van der Waals surface area contributed by atoms with Gasteiger partial charge in [0.25, 0.3) is 0 Å². The molecule has 0 unspecified atom stereocenters. The molecule has 0 aliphatic carbocycles. The summed E-state index contributed by atoms with van der Waals surface area (Å²) < 4.78 is 12.1. The van der Waals surface area contributed by atoms with E-state index in [-0.39, 0.29) is 5.91 Å². The maximum atomic E-state index is 12.9. The first-order chi connectivity index (χ1) is 11.7. The molecule has 7 nitrogen and oxygen atoms in total. The topological polar surface area (TPSA) is 72.5 Å². The van der Waals surface area contributed by atoms with Crippen molar-refractivity contribution in [3.63, 3.8) is 0 Å². The van der Waals surface area contributed by atoms with E-state index in [1.54, 1.807) is 32.2 Å². The van der Waals surface area contributed by atoms with Crippen molar-refractivity contribution in [1.29, 1.82) is 0 Å². The smallest absolute Gasteiger partial charge is 0.246 e. The van der Waals surface area contributed by atoms with Crippen molar-refractivity contribution in [1.82, 2.24) is 19.8 Å². The molecule has 1 aliphatic heterocycles. The monoisotopic (exact) mass is 332 g/mol. The van der Waals surface area contributed by atoms with Crippen molar-refractivity contribution in [2.24, 2.45) is 0 Å². The summed E-state index contributed by atoms with van der Waals surface area (Å²) in [5.41, 5.74) is 0.589. The van der Waals surface area contributed by atoms with Gasteiger partial charge in [-0.1, -0.05) is 0 Å². The summed E-state index contributed by atoms with van der Waals surface area (Å²) in [4.78, 5) is 19.4. The zero-order valence-electron chi connectivity index (χ0n) is 14.0. The summed E-state index contributed by atoms with van der Waals surface area (Å²) in [5, 5.41) is 3.00. The summed E-state index contributed by atoms with van der Waals surface area (Å²) in [6.45, 7) is 3.58. The Balaban J connectivity index is 1.68. The Hall–Kier alpha value is -2.12. The second-order valence-corrected chi connectivity index (χ2v) is 6.16. The van der Waals surface area contributed by atoms with E-state index in [1.165, 1.54) is 0 Å². The van der Waals surface area contributed by atoms with Crippen LogP contribution in [-0.2, 0) is 21.6 Å². The number of amides is 1. The van der Waals surface area contributed by atoms with Gasteiger partial charge in [0.05, 0.1) is 25.5 Å². The highest BCUT2D eigenvalue weighted by Gasteiger charge is 2.42. The molecule has 3 heterocycles. The number of hydrogen-bond donors (Lipinski definition) is 1.